The highest BCUT2D eigenvalue weighted by molar-refractivity contribution is 6.30. The van der Waals surface area contributed by atoms with Gasteiger partial charge >= 0.3 is 0 Å². The van der Waals surface area contributed by atoms with E-state index in [9.17, 15) is 4.79 Å². The number of hydrogen-bond acceptors (Lipinski definition) is 4. The molecule has 0 aliphatic carbocycles. The Hall–Kier alpha value is -1.85. The summed E-state index contributed by atoms with van der Waals surface area (Å²) in [5.41, 5.74) is 2.13. The Labute approximate surface area is 153 Å². The highest BCUT2D eigenvalue weighted by atomic mass is 35.5. The molecule has 6 heteroatoms. The van der Waals surface area contributed by atoms with Crippen LogP contribution in [0.25, 0.3) is 0 Å². The Morgan fingerprint density at radius 3 is 2.96 bits per heavy atom. The summed E-state index contributed by atoms with van der Waals surface area (Å²) in [7, 11) is 0. The van der Waals surface area contributed by atoms with Gasteiger partial charge < -0.3 is 9.84 Å². The van der Waals surface area contributed by atoms with Gasteiger partial charge in [0.15, 0.2) is 0 Å². The summed E-state index contributed by atoms with van der Waals surface area (Å²) in [6.45, 7) is 5.55. The molecule has 1 aromatic heterocycles. The number of aromatic nitrogens is 1. The molecular weight excluding hydrogens is 338 g/mol. The summed E-state index contributed by atoms with van der Waals surface area (Å²) in [6.07, 6.45) is 3.08. The van der Waals surface area contributed by atoms with Crippen molar-refractivity contribution in [1.82, 2.24) is 15.4 Å². The predicted molar refractivity (Wildman–Crippen MR) is 97.8 cm³/mol. The van der Waals surface area contributed by atoms with E-state index in [-0.39, 0.29) is 5.91 Å². The van der Waals surface area contributed by atoms with Crippen LogP contribution in [0.2, 0.25) is 5.02 Å². The zero-order chi connectivity index (χ0) is 17.6. The van der Waals surface area contributed by atoms with E-state index in [1.165, 1.54) is 5.56 Å². The number of amides is 1. The fourth-order valence-electron chi connectivity index (χ4n) is 3.20. The Bertz CT molecular complexity index is 699. The monoisotopic (exact) mass is 361 g/mol. The number of hydrogen-bond donors (Lipinski definition) is 1. The smallest absolute Gasteiger partial charge is 0.289 e. The van der Waals surface area contributed by atoms with E-state index in [4.69, 9.17) is 16.1 Å². The number of nitrogens with one attached hydrogen (secondary N) is 1. The number of likely N-dealkylation sites (tertiary alicyclic amines) is 1. The zero-order valence-corrected chi connectivity index (χ0v) is 15.3. The van der Waals surface area contributed by atoms with Crippen LogP contribution in [0.3, 0.4) is 0 Å². The van der Waals surface area contributed by atoms with Crippen LogP contribution in [0, 0.1) is 0 Å². The number of nitrogens with zero attached hydrogens (tertiary/aromatic N) is 2. The molecule has 1 N–H and O–H groups in total. The molecule has 2 aromatic rings. The topological polar surface area (TPSA) is 58.4 Å². The first kappa shape index (κ1) is 18.0. The maximum atomic E-state index is 12.0. The molecule has 0 bridgehead atoms. The second kappa shape index (κ2) is 8.50. The standard InChI is InChI=1S/C19H24ClN3O2/c1-2-9-21-19(24)18-11-17(22-25-18)15-4-3-10-23(13-15)12-14-5-7-16(20)8-6-14/h5-8,11,15H,2-4,9-10,12-13H2,1H3,(H,21,24)/t15-/m0/s1. The molecule has 0 spiro atoms. The van der Waals surface area contributed by atoms with Gasteiger partial charge in [-0.05, 0) is 43.5 Å². The fraction of sp³-hybridized carbons (Fsp3) is 0.474. The summed E-state index contributed by atoms with van der Waals surface area (Å²) >= 11 is 5.95. The first-order chi connectivity index (χ1) is 12.2. The van der Waals surface area contributed by atoms with E-state index in [1.807, 2.05) is 19.1 Å². The highest BCUT2D eigenvalue weighted by Gasteiger charge is 2.25. The third kappa shape index (κ3) is 4.83. The molecule has 1 saturated heterocycles. The summed E-state index contributed by atoms with van der Waals surface area (Å²) in [5.74, 6) is 0.422. The Kier molecular flexibility index (Phi) is 6.10. The lowest BCUT2D eigenvalue weighted by molar-refractivity contribution is 0.0916. The number of carbonyl (C=O) groups excluding carboxylic acids is 1. The van der Waals surface area contributed by atoms with E-state index in [1.54, 1.807) is 6.07 Å². The van der Waals surface area contributed by atoms with Gasteiger partial charge in [-0.1, -0.05) is 35.8 Å². The van der Waals surface area contributed by atoms with Crippen LogP contribution in [0.1, 0.15) is 53.9 Å². The lowest BCUT2D eigenvalue weighted by Gasteiger charge is -2.31. The van der Waals surface area contributed by atoms with Crippen LogP contribution in [-0.4, -0.2) is 35.6 Å². The number of carbonyl (C=O) groups is 1. The quantitative estimate of drug-likeness (QED) is 0.849. The van der Waals surface area contributed by atoms with Crippen molar-refractivity contribution in [3.63, 3.8) is 0 Å². The van der Waals surface area contributed by atoms with Crippen molar-refractivity contribution in [2.45, 2.75) is 38.6 Å². The molecule has 1 atom stereocenters. The van der Waals surface area contributed by atoms with E-state index in [0.717, 1.165) is 49.6 Å². The van der Waals surface area contributed by atoms with Gasteiger partial charge in [0.25, 0.3) is 5.91 Å². The molecule has 1 aliphatic heterocycles. The second-order valence-electron chi connectivity index (χ2n) is 6.57. The number of rotatable bonds is 6. The average molecular weight is 362 g/mol. The zero-order valence-electron chi connectivity index (χ0n) is 14.5. The minimum Gasteiger partial charge on any atom is -0.351 e. The Morgan fingerprint density at radius 1 is 1.40 bits per heavy atom. The van der Waals surface area contributed by atoms with Crippen molar-refractivity contribution < 1.29 is 9.32 Å². The van der Waals surface area contributed by atoms with Gasteiger partial charge in [0.2, 0.25) is 5.76 Å². The molecule has 3 rings (SSSR count). The molecular formula is C19H24ClN3O2. The van der Waals surface area contributed by atoms with Gasteiger partial charge in [-0.2, -0.15) is 0 Å². The summed E-state index contributed by atoms with van der Waals surface area (Å²) in [6, 6.07) is 9.78. The fourth-order valence-corrected chi connectivity index (χ4v) is 3.33. The number of piperidine rings is 1. The van der Waals surface area contributed by atoms with Crippen LogP contribution in [0.15, 0.2) is 34.9 Å². The van der Waals surface area contributed by atoms with Crippen LogP contribution >= 0.6 is 11.6 Å². The predicted octanol–water partition coefficient (Wildman–Crippen LogP) is 3.85. The van der Waals surface area contributed by atoms with Crippen LogP contribution in [0.4, 0.5) is 0 Å². The van der Waals surface area contributed by atoms with Crippen molar-refractivity contribution in [1.29, 1.82) is 0 Å². The molecule has 1 aromatic carbocycles. The van der Waals surface area contributed by atoms with E-state index < -0.39 is 0 Å². The van der Waals surface area contributed by atoms with E-state index in [0.29, 0.717) is 18.2 Å². The van der Waals surface area contributed by atoms with Crippen LogP contribution in [0.5, 0.6) is 0 Å². The average Bonchev–Trinajstić information content (AvgIpc) is 3.12. The summed E-state index contributed by atoms with van der Waals surface area (Å²) in [4.78, 5) is 14.4. The highest BCUT2D eigenvalue weighted by Crippen LogP contribution is 2.27. The third-order valence-electron chi connectivity index (χ3n) is 4.53. The molecule has 5 nitrogen and oxygen atoms in total. The van der Waals surface area contributed by atoms with Crippen molar-refractivity contribution in [2.24, 2.45) is 0 Å². The normalized spacial score (nSPS) is 18.2. The maximum Gasteiger partial charge on any atom is 0.289 e. The van der Waals surface area contributed by atoms with Crippen molar-refractivity contribution in [3.05, 3.63) is 52.4 Å². The molecule has 0 saturated carbocycles. The van der Waals surface area contributed by atoms with E-state index in [2.05, 4.69) is 27.5 Å². The molecule has 1 amide bonds. The largest absolute Gasteiger partial charge is 0.351 e. The Morgan fingerprint density at radius 2 is 2.20 bits per heavy atom. The maximum absolute atomic E-state index is 12.0. The van der Waals surface area contributed by atoms with Crippen molar-refractivity contribution >= 4 is 17.5 Å². The number of benzene rings is 1. The van der Waals surface area contributed by atoms with Gasteiger partial charge in [0, 0.05) is 36.6 Å². The SMILES string of the molecule is CCCNC(=O)c1cc([C@H]2CCCN(Cc3ccc(Cl)cc3)C2)no1. The first-order valence-corrected chi connectivity index (χ1v) is 9.25. The molecule has 0 unspecified atom stereocenters. The minimum absolute atomic E-state index is 0.186. The first-order valence-electron chi connectivity index (χ1n) is 8.87. The molecule has 1 aliphatic rings. The molecule has 0 radical (unpaired) electrons. The van der Waals surface area contributed by atoms with Crippen molar-refractivity contribution in [2.75, 3.05) is 19.6 Å². The third-order valence-corrected chi connectivity index (χ3v) is 4.78. The van der Waals surface area contributed by atoms with Gasteiger partial charge in [-0.3, -0.25) is 9.69 Å². The molecule has 2 heterocycles. The van der Waals surface area contributed by atoms with Gasteiger partial charge in [-0.15, -0.1) is 0 Å². The molecule has 1 fully saturated rings. The lowest BCUT2D eigenvalue weighted by Crippen LogP contribution is -2.34. The summed E-state index contributed by atoms with van der Waals surface area (Å²) in [5, 5.41) is 7.72. The van der Waals surface area contributed by atoms with Crippen LogP contribution < -0.4 is 5.32 Å². The van der Waals surface area contributed by atoms with Gasteiger partial charge in [0.05, 0.1) is 5.69 Å². The van der Waals surface area contributed by atoms with Crippen molar-refractivity contribution in [3.8, 4) is 0 Å². The van der Waals surface area contributed by atoms with Crippen LogP contribution in [-0.2, 0) is 6.54 Å². The van der Waals surface area contributed by atoms with E-state index >= 15 is 0 Å². The second-order valence-corrected chi connectivity index (χ2v) is 7.01. The summed E-state index contributed by atoms with van der Waals surface area (Å²) < 4.78 is 5.25. The van der Waals surface area contributed by atoms with Gasteiger partial charge in [0.1, 0.15) is 0 Å². The van der Waals surface area contributed by atoms with Gasteiger partial charge in [-0.25, -0.2) is 0 Å². The Balaban J connectivity index is 1.60. The number of halogens is 1. The molecule has 134 valence electrons. The minimum atomic E-state index is -0.186. The molecule has 25 heavy (non-hydrogen) atoms. The lowest BCUT2D eigenvalue weighted by atomic mass is 9.94.